The second-order valence-electron chi connectivity index (χ2n) is 5.16. The van der Waals surface area contributed by atoms with Gasteiger partial charge >= 0.3 is 0 Å². The molecule has 0 aliphatic carbocycles. The summed E-state index contributed by atoms with van der Waals surface area (Å²) in [7, 11) is 0. The van der Waals surface area contributed by atoms with Crippen LogP contribution in [0.15, 0.2) is 36.5 Å². The summed E-state index contributed by atoms with van der Waals surface area (Å²) in [4.78, 5) is 11.3. The van der Waals surface area contributed by atoms with E-state index in [4.69, 9.17) is 5.11 Å². The minimum atomic E-state index is -0.802. The zero-order chi connectivity index (χ0) is 15.4. The number of carbonyl (C=O) groups excluding carboxylic acids is 1. The molecule has 0 heterocycles. The highest BCUT2D eigenvalue weighted by atomic mass is 16.3. The molecule has 0 bridgehead atoms. The van der Waals surface area contributed by atoms with Crippen molar-refractivity contribution in [2.24, 2.45) is 5.92 Å². The maximum Gasteiger partial charge on any atom is 0.243 e. The fourth-order valence-corrected chi connectivity index (χ4v) is 1.27. The van der Waals surface area contributed by atoms with E-state index in [-0.39, 0.29) is 5.91 Å². The van der Waals surface area contributed by atoms with E-state index in [2.05, 4.69) is 5.32 Å². The topological polar surface area (TPSA) is 69.6 Å². The predicted octanol–water partition coefficient (Wildman–Crippen LogP) is 1.95. The zero-order valence-electron chi connectivity index (χ0n) is 12.6. The van der Waals surface area contributed by atoms with Crippen molar-refractivity contribution in [1.29, 1.82) is 0 Å². The van der Waals surface area contributed by atoms with E-state index in [0.29, 0.717) is 12.5 Å². The molecule has 0 aromatic carbocycles. The largest absolute Gasteiger partial charge is 0.390 e. The number of aliphatic hydroxyl groups excluding tert-OH is 2. The quantitative estimate of drug-likeness (QED) is 0.262. The minimum absolute atomic E-state index is 0.0803. The molecular weight excluding hydrogens is 254 g/mol. The van der Waals surface area contributed by atoms with E-state index in [0.717, 1.165) is 12.8 Å². The molecule has 0 fully saturated rings. The van der Waals surface area contributed by atoms with Crippen LogP contribution < -0.4 is 5.32 Å². The average Bonchev–Trinajstić information content (AvgIpc) is 2.38. The first-order valence-corrected chi connectivity index (χ1v) is 7.07. The lowest BCUT2D eigenvalue weighted by Crippen LogP contribution is -2.25. The van der Waals surface area contributed by atoms with Gasteiger partial charge < -0.3 is 15.5 Å². The van der Waals surface area contributed by atoms with Crippen molar-refractivity contribution >= 4 is 5.91 Å². The van der Waals surface area contributed by atoms with Crippen molar-refractivity contribution in [3.8, 4) is 0 Å². The summed E-state index contributed by atoms with van der Waals surface area (Å²) < 4.78 is 0. The Kier molecular flexibility index (Phi) is 10.6. The second-order valence-corrected chi connectivity index (χ2v) is 5.16. The Labute approximate surface area is 121 Å². The lowest BCUT2D eigenvalue weighted by atomic mass is 10.2. The fourth-order valence-electron chi connectivity index (χ4n) is 1.27. The van der Waals surface area contributed by atoms with Gasteiger partial charge in [0, 0.05) is 12.6 Å². The zero-order valence-corrected chi connectivity index (χ0v) is 12.6. The van der Waals surface area contributed by atoms with Crippen LogP contribution in [0.4, 0.5) is 0 Å². The molecule has 0 radical (unpaired) electrons. The molecule has 0 saturated carbocycles. The third-order valence-electron chi connectivity index (χ3n) is 2.51. The van der Waals surface area contributed by atoms with Crippen LogP contribution in [0.1, 0.15) is 33.6 Å². The number of carbonyl (C=O) groups is 1. The summed E-state index contributed by atoms with van der Waals surface area (Å²) in [6.45, 7) is 6.32. The molecule has 0 aromatic heterocycles. The van der Waals surface area contributed by atoms with Crippen LogP contribution in [0, 0.1) is 5.92 Å². The van der Waals surface area contributed by atoms with E-state index < -0.39 is 12.2 Å². The summed E-state index contributed by atoms with van der Waals surface area (Å²) in [6, 6.07) is 0. The maximum atomic E-state index is 11.3. The van der Waals surface area contributed by atoms with Crippen LogP contribution >= 0.6 is 0 Å². The SMILES string of the molecule is CC(C)CNC(=O)/C=C/C=C/CC/C=C/C(O)C(C)O. The van der Waals surface area contributed by atoms with Crippen molar-refractivity contribution in [1.82, 2.24) is 5.32 Å². The Morgan fingerprint density at radius 2 is 1.75 bits per heavy atom. The van der Waals surface area contributed by atoms with Crippen molar-refractivity contribution in [2.75, 3.05) is 6.54 Å². The third kappa shape index (κ3) is 11.7. The van der Waals surface area contributed by atoms with Gasteiger partial charge in [0.05, 0.1) is 12.2 Å². The molecule has 2 unspecified atom stereocenters. The van der Waals surface area contributed by atoms with Gasteiger partial charge in [0.25, 0.3) is 0 Å². The summed E-state index contributed by atoms with van der Waals surface area (Å²) in [5.41, 5.74) is 0. The molecule has 4 nitrogen and oxygen atoms in total. The van der Waals surface area contributed by atoms with E-state index in [1.54, 1.807) is 19.1 Å². The Hall–Kier alpha value is -1.39. The summed E-state index contributed by atoms with van der Waals surface area (Å²) >= 11 is 0. The van der Waals surface area contributed by atoms with Crippen LogP contribution in [0.3, 0.4) is 0 Å². The molecule has 114 valence electrons. The number of amides is 1. The van der Waals surface area contributed by atoms with Gasteiger partial charge in [0.2, 0.25) is 5.91 Å². The van der Waals surface area contributed by atoms with Gasteiger partial charge in [-0.05, 0) is 25.7 Å². The highest BCUT2D eigenvalue weighted by molar-refractivity contribution is 5.87. The highest BCUT2D eigenvalue weighted by Gasteiger charge is 2.04. The molecule has 3 N–H and O–H groups in total. The van der Waals surface area contributed by atoms with Gasteiger partial charge in [-0.2, -0.15) is 0 Å². The van der Waals surface area contributed by atoms with Gasteiger partial charge in [-0.15, -0.1) is 0 Å². The monoisotopic (exact) mass is 281 g/mol. The normalized spacial score (nSPS) is 15.5. The van der Waals surface area contributed by atoms with Gasteiger partial charge in [-0.3, -0.25) is 4.79 Å². The van der Waals surface area contributed by atoms with Crippen LogP contribution in [-0.4, -0.2) is 34.9 Å². The Balaban J connectivity index is 3.73. The fraction of sp³-hybridized carbons (Fsp3) is 0.562. The number of rotatable bonds is 9. The average molecular weight is 281 g/mol. The van der Waals surface area contributed by atoms with Crippen LogP contribution in [-0.2, 0) is 4.79 Å². The molecule has 1 amide bonds. The molecule has 0 saturated heterocycles. The molecule has 0 aliphatic heterocycles. The molecule has 0 aromatic rings. The van der Waals surface area contributed by atoms with Gasteiger partial charge in [0.1, 0.15) is 0 Å². The Morgan fingerprint density at radius 1 is 1.10 bits per heavy atom. The number of nitrogens with one attached hydrogen (secondary N) is 1. The van der Waals surface area contributed by atoms with Crippen molar-refractivity contribution in [2.45, 2.75) is 45.8 Å². The Morgan fingerprint density at radius 3 is 2.35 bits per heavy atom. The van der Waals surface area contributed by atoms with Crippen molar-refractivity contribution in [3.05, 3.63) is 36.5 Å². The number of unbranched alkanes of at least 4 members (excludes halogenated alkanes) is 1. The second kappa shape index (κ2) is 11.4. The lowest BCUT2D eigenvalue weighted by molar-refractivity contribution is -0.116. The standard InChI is InChI=1S/C16H27NO3/c1-13(2)12-17-16(20)11-9-7-5-4-6-8-10-15(19)14(3)18/h5,7-11,13-15,18-19H,4,6,12H2,1-3H3,(H,17,20)/b7-5+,10-8+,11-9+. The molecule has 0 spiro atoms. The number of hydrogen-bond acceptors (Lipinski definition) is 3. The Bertz CT molecular complexity index is 344. The van der Waals surface area contributed by atoms with Gasteiger partial charge in [-0.1, -0.05) is 44.2 Å². The smallest absolute Gasteiger partial charge is 0.243 e. The van der Waals surface area contributed by atoms with E-state index >= 15 is 0 Å². The molecule has 2 atom stereocenters. The van der Waals surface area contributed by atoms with E-state index in [9.17, 15) is 9.90 Å². The first-order valence-electron chi connectivity index (χ1n) is 7.07. The lowest BCUT2D eigenvalue weighted by Gasteiger charge is -2.07. The minimum Gasteiger partial charge on any atom is -0.390 e. The van der Waals surface area contributed by atoms with Crippen molar-refractivity contribution < 1.29 is 15.0 Å². The summed E-state index contributed by atoms with van der Waals surface area (Å²) in [5.74, 6) is 0.370. The summed E-state index contributed by atoms with van der Waals surface area (Å²) in [5, 5.41) is 21.2. The van der Waals surface area contributed by atoms with Crippen LogP contribution in [0.5, 0.6) is 0 Å². The highest BCUT2D eigenvalue weighted by Crippen LogP contribution is 1.98. The molecular formula is C16H27NO3. The summed E-state index contributed by atoms with van der Waals surface area (Å²) in [6.07, 6.45) is 10.5. The predicted molar refractivity (Wildman–Crippen MR) is 82.2 cm³/mol. The van der Waals surface area contributed by atoms with Crippen molar-refractivity contribution in [3.63, 3.8) is 0 Å². The molecule has 0 rings (SSSR count). The third-order valence-corrected chi connectivity index (χ3v) is 2.51. The van der Waals surface area contributed by atoms with Crippen LogP contribution in [0.25, 0.3) is 0 Å². The van der Waals surface area contributed by atoms with E-state index in [1.807, 2.05) is 32.1 Å². The van der Waals surface area contributed by atoms with E-state index in [1.165, 1.54) is 6.08 Å². The molecule has 4 heteroatoms. The maximum absolute atomic E-state index is 11.3. The molecule has 20 heavy (non-hydrogen) atoms. The molecule has 0 aliphatic rings. The van der Waals surface area contributed by atoms with Crippen LogP contribution in [0.2, 0.25) is 0 Å². The first kappa shape index (κ1) is 18.6. The number of aliphatic hydroxyl groups is 2. The number of allylic oxidation sites excluding steroid dienone is 4. The number of hydrogen-bond donors (Lipinski definition) is 3. The first-order chi connectivity index (χ1) is 9.43. The van der Waals surface area contributed by atoms with Gasteiger partial charge in [0.15, 0.2) is 0 Å². The van der Waals surface area contributed by atoms with Gasteiger partial charge in [-0.25, -0.2) is 0 Å².